The maximum atomic E-state index is 4.35. The van der Waals surface area contributed by atoms with Gasteiger partial charge in [-0.15, -0.1) is 11.4 Å². The molecule has 0 aliphatic carbocycles. The molecule has 0 aromatic heterocycles. The first kappa shape index (κ1) is 22.7. The monoisotopic (exact) mass is 320 g/mol. The van der Waals surface area contributed by atoms with Crippen molar-refractivity contribution >= 4 is 23.5 Å². The van der Waals surface area contributed by atoms with Crippen LogP contribution in [0.4, 0.5) is 11.4 Å². The van der Waals surface area contributed by atoms with Crippen molar-refractivity contribution in [3.8, 4) is 0 Å². The summed E-state index contributed by atoms with van der Waals surface area (Å²) >= 11 is 0. The Bertz CT molecular complexity index is 519. The molecule has 0 amide bonds. The van der Waals surface area contributed by atoms with E-state index in [9.17, 15) is 0 Å². The van der Waals surface area contributed by atoms with Crippen LogP contribution in [0.2, 0.25) is 0 Å². The zero-order valence-electron chi connectivity index (χ0n) is 10.5. The predicted octanol–water partition coefficient (Wildman–Crippen LogP) is -1.38. The molecule has 0 bridgehead atoms. The second-order valence-corrected chi connectivity index (χ2v) is 3.22. The SMILES string of the molecule is C1=C[N-]c2c3c(ccc2=C1)=CC=C[N-]3.[OH3+].[OH3+].[OH3+].[OH3+].[Zn+2]. The second-order valence-electron chi connectivity index (χ2n) is 3.22. The number of hydrogen-bond acceptors (Lipinski definition) is 0. The van der Waals surface area contributed by atoms with Crippen molar-refractivity contribution < 1.29 is 41.4 Å². The molecule has 0 spiro atoms. The van der Waals surface area contributed by atoms with E-state index in [2.05, 4.69) is 34.9 Å². The molecule has 0 fully saturated rings. The third-order valence-electron chi connectivity index (χ3n) is 2.34. The zero-order valence-corrected chi connectivity index (χ0v) is 13.5. The molecule has 3 rings (SSSR count). The Kier molecular flexibility index (Phi) is 11.3. The molecular formula is C12H20N2O4Zn+4. The smallest absolute Gasteiger partial charge is 0.665 e. The van der Waals surface area contributed by atoms with Crippen LogP contribution in [0.15, 0.2) is 36.7 Å². The summed E-state index contributed by atoms with van der Waals surface area (Å²) in [5.41, 5.74) is 1.95. The number of allylic oxidation sites excluding steroid dienone is 2. The summed E-state index contributed by atoms with van der Waals surface area (Å²) in [6.45, 7) is 0. The Balaban J connectivity index is -0.000000512. The van der Waals surface area contributed by atoms with E-state index in [0.29, 0.717) is 0 Å². The molecule has 12 N–H and O–H groups in total. The van der Waals surface area contributed by atoms with Crippen LogP contribution in [-0.2, 0) is 41.4 Å². The fourth-order valence-electron chi connectivity index (χ4n) is 1.68. The molecule has 0 atom stereocenters. The quantitative estimate of drug-likeness (QED) is 0.407. The largest absolute Gasteiger partial charge is 2.00 e. The summed E-state index contributed by atoms with van der Waals surface area (Å²) in [5.74, 6) is 0. The van der Waals surface area contributed by atoms with Gasteiger partial charge in [-0.05, 0) is 10.4 Å². The van der Waals surface area contributed by atoms with E-state index in [1.165, 1.54) is 0 Å². The van der Waals surface area contributed by atoms with Crippen LogP contribution >= 0.6 is 0 Å². The van der Waals surface area contributed by atoms with Gasteiger partial charge in [0, 0.05) is 0 Å². The molecule has 19 heavy (non-hydrogen) atoms. The van der Waals surface area contributed by atoms with Gasteiger partial charge in [0.25, 0.3) is 0 Å². The summed E-state index contributed by atoms with van der Waals surface area (Å²) in [6.07, 6.45) is 11.6. The molecule has 1 aromatic carbocycles. The summed E-state index contributed by atoms with van der Waals surface area (Å²) < 4.78 is 0. The van der Waals surface area contributed by atoms with Crippen molar-refractivity contribution in [2.45, 2.75) is 0 Å². The standard InChI is InChI=1S/C12H8N2.4H2O.Zn/c1-3-9-5-6-10-4-2-8-14-12(10)11(9)13-7-1;;;;;/h1-8H;4*1H2;/q-2;;;;;+2/p+4. The molecule has 6 nitrogen and oxygen atoms in total. The molecule has 0 saturated carbocycles. The third kappa shape index (κ3) is 3.99. The van der Waals surface area contributed by atoms with Crippen molar-refractivity contribution in [1.82, 2.24) is 0 Å². The Hall–Kier alpha value is -1.50. The van der Waals surface area contributed by atoms with Crippen molar-refractivity contribution in [3.63, 3.8) is 0 Å². The first-order valence-corrected chi connectivity index (χ1v) is 4.53. The zero-order chi connectivity index (χ0) is 9.38. The molecule has 2 heterocycles. The van der Waals surface area contributed by atoms with Crippen molar-refractivity contribution in [3.05, 3.63) is 57.8 Å². The van der Waals surface area contributed by atoms with Gasteiger partial charge >= 0.3 is 19.5 Å². The van der Waals surface area contributed by atoms with Gasteiger partial charge in [-0.25, -0.2) is 0 Å². The minimum atomic E-state index is 0. The summed E-state index contributed by atoms with van der Waals surface area (Å²) in [6, 6.07) is 4.15. The van der Waals surface area contributed by atoms with E-state index >= 15 is 0 Å². The molecule has 1 aromatic rings. The van der Waals surface area contributed by atoms with Crippen molar-refractivity contribution in [2.75, 3.05) is 0 Å². The third-order valence-corrected chi connectivity index (χ3v) is 2.34. The molecule has 0 saturated heterocycles. The van der Waals surface area contributed by atoms with Gasteiger partial charge in [-0.1, -0.05) is 36.4 Å². The maximum Gasteiger partial charge on any atom is 2.00 e. The Morgan fingerprint density at radius 1 is 0.632 bits per heavy atom. The first-order valence-electron chi connectivity index (χ1n) is 4.53. The van der Waals surface area contributed by atoms with Gasteiger partial charge in [-0.2, -0.15) is 12.4 Å². The van der Waals surface area contributed by atoms with E-state index in [4.69, 9.17) is 0 Å². The fourth-order valence-corrected chi connectivity index (χ4v) is 1.68. The van der Waals surface area contributed by atoms with E-state index in [1.54, 1.807) is 12.4 Å². The second kappa shape index (κ2) is 9.44. The molecule has 0 radical (unpaired) electrons. The van der Waals surface area contributed by atoms with Crippen LogP contribution in [0.5, 0.6) is 0 Å². The Labute approximate surface area is 123 Å². The molecular weight excluding hydrogens is 302 g/mol. The minimum Gasteiger partial charge on any atom is -0.665 e. The summed E-state index contributed by atoms with van der Waals surface area (Å²) in [5, 5.41) is 11.0. The van der Waals surface area contributed by atoms with Crippen LogP contribution in [-0.4, -0.2) is 0 Å². The van der Waals surface area contributed by atoms with Crippen molar-refractivity contribution in [1.29, 1.82) is 0 Å². The van der Waals surface area contributed by atoms with E-state index in [-0.39, 0.29) is 41.4 Å². The van der Waals surface area contributed by atoms with E-state index < -0.39 is 0 Å². The van der Waals surface area contributed by atoms with Crippen LogP contribution in [0.3, 0.4) is 0 Å². The Morgan fingerprint density at radius 3 is 1.37 bits per heavy atom. The molecule has 2 aliphatic heterocycles. The molecule has 100 valence electrons. The van der Waals surface area contributed by atoms with Gasteiger partial charge in [0.1, 0.15) is 0 Å². The van der Waals surface area contributed by atoms with Gasteiger partial charge < -0.3 is 32.5 Å². The minimum absolute atomic E-state index is 0. The van der Waals surface area contributed by atoms with Gasteiger partial charge in [0.15, 0.2) is 0 Å². The average molecular weight is 322 g/mol. The van der Waals surface area contributed by atoms with Crippen LogP contribution < -0.4 is 10.4 Å². The normalized spacial score (nSPS) is 11.4. The summed E-state index contributed by atoms with van der Waals surface area (Å²) in [4.78, 5) is 0. The molecule has 2 aliphatic rings. The summed E-state index contributed by atoms with van der Waals surface area (Å²) in [7, 11) is 0. The number of fused-ring (bicyclic) bond motifs is 3. The average Bonchev–Trinajstić information content (AvgIpc) is 2.29. The molecule has 7 heteroatoms. The van der Waals surface area contributed by atoms with Crippen LogP contribution in [0, 0.1) is 0 Å². The van der Waals surface area contributed by atoms with Crippen LogP contribution in [0.25, 0.3) is 22.8 Å². The predicted molar refractivity (Wildman–Crippen MR) is 78.4 cm³/mol. The number of nitrogens with zero attached hydrogens (tertiary/aromatic N) is 2. The molecule has 0 unspecified atom stereocenters. The van der Waals surface area contributed by atoms with Gasteiger partial charge in [-0.3, -0.25) is 0 Å². The van der Waals surface area contributed by atoms with Gasteiger partial charge in [0.2, 0.25) is 0 Å². The first-order chi connectivity index (χ1) is 6.95. The number of benzene rings is 1. The Morgan fingerprint density at radius 2 is 1.00 bits per heavy atom. The van der Waals surface area contributed by atoms with E-state index in [0.717, 1.165) is 21.8 Å². The topological polar surface area (TPSA) is 160 Å². The van der Waals surface area contributed by atoms with E-state index in [1.807, 2.05) is 12.2 Å². The number of hydrogen-bond donors (Lipinski definition) is 0. The number of rotatable bonds is 0. The van der Waals surface area contributed by atoms with Gasteiger partial charge in [0.05, 0.1) is 0 Å². The fraction of sp³-hybridized carbons (Fsp3) is 0. The van der Waals surface area contributed by atoms with Crippen LogP contribution in [0.1, 0.15) is 0 Å². The van der Waals surface area contributed by atoms with Crippen molar-refractivity contribution in [2.24, 2.45) is 0 Å². The maximum absolute atomic E-state index is 4.35.